The van der Waals surface area contributed by atoms with Crippen LogP contribution in [0.3, 0.4) is 0 Å². The van der Waals surface area contributed by atoms with Gasteiger partial charge < -0.3 is 5.32 Å². The molecule has 1 saturated carbocycles. The molecule has 0 saturated heterocycles. The van der Waals surface area contributed by atoms with Crippen molar-refractivity contribution in [2.75, 3.05) is 5.32 Å². The largest absolute Gasteiger partial charge is 0.324 e. The first-order valence-corrected chi connectivity index (χ1v) is 10.8. The Labute approximate surface area is 186 Å². The summed E-state index contributed by atoms with van der Waals surface area (Å²) in [5.41, 5.74) is 5.66. The summed E-state index contributed by atoms with van der Waals surface area (Å²) < 4.78 is 2.04. The fourth-order valence-corrected chi connectivity index (χ4v) is 3.53. The average Bonchev–Trinajstić information content (AvgIpc) is 3.55. The third kappa shape index (κ3) is 4.88. The molecular formula is C25H24N6O. The summed E-state index contributed by atoms with van der Waals surface area (Å²) in [5.74, 6) is 0.712. The van der Waals surface area contributed by atoms with Crippen molar-refractivity contribution in [3.8, 4) is 11.1 Å². The number of carbonyl (C=O) groups is 1. The number of carbonyl (C=O) groups excluding carboxylic acids is 1. The monoisotopic (exact) mass is 424 g/mol. The van der Waals surface area contributed by atoms with Crippen LogP contribution >= 0.6 is 0 Å². The minimum absolute atomic E-state index is 0.0684. The van der Waals surface area contributed by atoms with E-state index in [0.29, 0.717) is 24.6 Å². The van der Waals surface area contributed by atoms with Crippen LogP contribution in [0.4, 0.5) is 5.69 Å². The van der Waals surface area contributed by atoms with Crippen LogP contribution < -0.4 is 5.32 Å². The van der Waals surface area contributed by atoms with Gasteiger partial charge in [-0.25, -0.2) is 9.97 Å². The summed E-state index contributed by atoms with van der Waals surface area (Å²) in [4.78, 5) is 25.5. The van der Waals surface area contributed by atoms with E-state index in [9.17, 15) is 4.79 Å². The van der Waals surface area contributed by atoms with Gasteiger partial charge in [0.05, 0.1) is 30.5 Å². The highest BCUT2D eigenvalue weighted by Gasteiger charge is 2.24. The highest BCUT2D eigenvalue weighted by atomic mass is 16.1. The van der Waals surface area contributed by atoms with Crippen LogP contribution in [0.25, 0.3) is 11.1 Å². The molecule has 7 nitrogen and oxygen atoms in total. The molecule has 0 bridgehead atoms. The van der Waals surface area contributed by atoms with E-state index >= 15 is 0 Å². The zero-order valence-corrected chi connectivity index (χ0v) is 17.9. The van der Waals surface area contributed by atoms with Crippen molar-refractivity contribution >= 4 is 11.6 Å². The quantitative estimate of drug-likeness (QED) is 0.482. The molecule has 1 fully saturated rings. The van der Waals surface area contributed by atoms with Gasteiger partial charge in [0.25, 0.3) is 0 Å². The Morgan fingerprint density at radius 3 is 2.41 bits per heavy atom. The molecular weight excluding hydrogens is 400 g/mol. The lowest BCUT2D eigenvalue weighted by atomic mass is 10.0. The Bertz CT molecular complexity index is 1210. The minimum atomic E-state index is -0.0684. The van der Waals surface area contributed by atoms with E-state index in [4.69, 9.17) is 0 Å². The second-order valence-corrected chi connectivity index (χ2v) is 8.23. The summed E-state index contributed by atoms with van der Waals surface area (Å²) in [5, 5.41) is 7.30. The number of aromatic nitrogens is 5. The number of nitrogens with zero attached hydrogens (tertiary/aromatic N) is 5. The fourth-order valence-electron chi connectivity index (χ4n) is 3.53. The third-order valence-corrected chi connectivity index (χ3v) is 5.49. The SMILES string of the molecule is Cc1ccc(NC(=O)Cc2ccc(-c3cnc(Cc4cnn(C5CC5)c4)nc3)cc2)cn1. The first-order chi connectivity index (χ1) is 15.6. The number of hydrogen-bond donors (Lipinski definition) is 1. The second-order valence-electron chi connectivity index (χ2n) is 8.23. The predicted octanol–water partition coefficient (Wildman–Crippen LogP) is 4.15. The van der Waals surface area contributed by atoms with E-state index in [2.05, 4.69) is 31.6 Å². The zero-order chi connectivity index (χ0) is 21.9. The highest BCUT2D eigenvalue weighted by molar-refractivity contribution is 5.92. The Balaban J connectivity index is 1.18. The summed E-state index contributed by atoms with van der Waals surface area (Å²) >= 11 is 0. The lowest BCUT2D eigenvalue weighted by Gasteiger charge is -2.07. The van der Waals surface area contributed by atoms with E-state index in [-0.39, 0.29) is 5.91 Å². The van der Waals surface area contributed by atoms with Crippen molar-refractivity contribution in [1.82, 2.24) is 24.7 Å². The van der Waals surface area contributed by atoms with Crippen LogP contribution in [0.1, 0.15) is 41.5 Å². The van der Waals surface area contributed by atoms with Gasteiger partial charge in [-0.2, -0.15) is 5.10 Å². The molecule has 0 spiro atoms. The van der Waals surface area contributed by atoms with E-state index < -0.39 is 0 Å². The van der Waals surface area contributed by atoms with Gasteiger partial charge in [0.15, 0.2) is 0 Å². The summed E-state index contributed by atoms with van der Waals surface area (Å²) in [6, 6.07) is 12.2. The third-order valence-electron chi connectivity index (χ3n) is 5.49. The fraction of sp³-hybridized carbons (Fsp3) is 0.240. The molecule has 160 valence electrons. The van der Waals surface area contributed by atoms with Crippen LogP contribution in [-0.2, 0) is 17.6 Å². The van der Waals surface area contributed by atoms with Crippen LogP contribution in [0.15, 0.2) is 67.4 Å². The molecule has 0 radical (unpaired) electrons. The zero-order valence-electron chi connectivity index (χ0n) is 17.9. The Morgan fingerprint density at radius 1 is 0.938 bits per heavy atom. The van der Waals surface area contributed by atoms with Gasteiger partial charge >= 0.3 is 0 Å². The molecule has 7 heteroatoms. The summed E-state index contributed by atoms with van der Waals surface area (Å²) in [7, 11) is 0. The minimum Gasteiger partial charge on any atom is -0.324 e. The number of hydrogen-bond acceptors (Lipinski definition) is 5. The second kappa shape index (κ2) is 8.70. The normalized spacial score (nSPS) is 13.2. The van der Waals surface area contributed by atoms with Crippen molar-refractivity contribution in [2.24, 2.45) is 0 Å². The van der Waals surface area contributed by atoms with E-state index in [1.54, 1.807) is 6.20 Å². The number of anilines is 1. The molecule has 3 aromatic heterocycles. The molecule has 0 atom stereocenters. The van der Waals surface area contributed by atoms with Crippen molar-refractivity contribution in [2.45, 2.75) is 38.6 Å². The molecule has 1 aliphatic rings. The average molecular weight is 425 g/mol. The number of amides is 1. The molecule has 1 N–H and O–H groups in total. The number of pyridine rings is 1. The molecule has 3 heterocycles. The van der Waals surface area contributed by atoms with E-state index in [0.717, 1.165) is 33.8 Å². The first-order valence-electron chi connectivity index (χ1n) is 10.8. The number of rotatable bonds is 7. The Morgan fingerprint density at radius 2 is 1.72 bits per heavy atom. The van der Waals surface area contributed by atoms with Gasteiger partial charge in [-0.3, -0.25) is 14.5 Å². The maximum Gasteiger partial charge on any atom is 0.228 e. The van der Waals surface area contributed by atoms with Gasteiger partial charge in [0.2, 0.25) is 5.91 Å². The summed E-state index contributed by atoms with van der Waals surface area (Å²) in [6.45, 7) is 1.91. The summed E-state index contributed by atoms with van der Waals surface area (Å²) in [6.07, 6.45) is 12.8. The van der Waals surface area contributed by atoms with Gasteiger partial charge in [-0.1, -0.05) is 24.3 Å². The Kier molecular flexibility index (Phi) is 5.46. The van der Waals surface area contributed by atoms with Gasteiger partial charge in [0.1, 0.15) is 5.82 Å². The highest BCUT2D eigenvalue weighted by Crippen LogP contribution is 2.34. The van der Waals surface area contributed by atoms with Crippen molar-refractivity contribution in [1.29, 1.82) is 0 Å². The number of benzene rings is 1. The maximum absolute atomic E-state index is 12.3. The van der Waals surface area contributed by atoms with Crippen molar-refractivity contribution in [3.63, 3.8) is 0 Å². The van der Waals surface area contributed by atoms with Crippen LogP contribution in [0.2, 0.25) is 0 Å². The molecule has 0 aliphatic heterocycles. The van der Waals surface area contributed by atoms with Gasteiger partial charge in [-0.15, -0.1) is 0 Å². The topological polar surface area (TPSA) is 85.6 Å². The van der Waals surface area contributed by atoms with E-state index in [1.807, 2.05) is 66.6 Å². The Hall–Kier alpha value is -3.87. The van der Waals surface area contributed by atoms with E-state index in [1.165, 1.54) is 12.8 Å². The van der Waals surface area contributed by atoms with Crippen molar-refractivity contribution < 1.29 is 4.79 Å². The molecule has 4 aromatic rings. The van der Waals surface area contributed by atoms with Crippen molar-refractivity contribution in [3.05, 3.63) is 90.0 Å². The lowest BCUT2D eigenvalue weighted by molar-refractivity contribution is -0.115. The number of aryl methyl sites for hydroxylation is 1. The molecule has 1 aliphatic carbocycles. The molecule has 32 heavy (non-hydrogen) atoms. The van der Waals surface area contributed by atoms with Gasteiger partial charge in [-0.05, 0) is 48.6 Å². The predicted molar refractivity (Wildman–Crippen MR) is 122 cm³/mol. The maximum atomic E-state index is 12.3. The molecule has 5 rings (SSSR count). The number of nitrogens with one attached hydrogen (secondary N) is 1. The standard InChI is InChI=1S/C25H24N6O/c1-17-2-7-22(15-26-17)30-25(32)11-18-3-5-20(6-4-18)21-13-27-24(28-14-21)10-19-12-29-31(16-19)23-8-9-23/h2-7,12-16,23H,8-11H2,1H3,(H,30,32). The van der Waals surface area contributed by atoms with Crippen LogP contribution in [0, 0.1) is 6.92 Å². The smallest absolute Gasteiger partial charge is 0.228 e. The molecule has 1 aromatic carbocycles. The van der Waals surface area contributed by atoms with Gasteiger partial charge in [0, 0.05) is 36.3 Å². The first kappa shape index (κ1) is 20.1. The lowest BCUT2D eigenvalue weighted by Crippen LogP contribution is -2.14. The molecule has 0 unspecified atom stereocenters. The molecule has 1 amide bonds. The van der Waals surface area contributed by atoms with Crippen LogP contribution in [0.5, 0.6) is 0 Å². The van der Waals surface area contributed by atoms with Crippen LogP contribution in [-0.4, -0.2) is 30.6 Å².